The molecule has 0 radical (unpaired) electrons. The third-order valence-electron chi connectivity index (χ3n) is 4.63. The molecule has 1 aromatic carbocycles. The van der Waals surface area contributed by atoms with E-state index in [0.29, 0.717) is 11.5 Å². The molecule has 142 valence electrons. The molecule has 0 bridgehead atoms. The maximum absolute atomic E-state index is 12.6. The molecule has 0 unspecified atom stereocenters. The maximum Gasteiger partial charge on any atom is 0.284 e. The van der Waals surface area contributed by atoms with Crippen molar-refractivity contribution in [1.82, 2.24) is 9.78 Å². The Balaban J connectivity index is 1.97. The number of unbranched alkanes of at least 4 members (excludes halogenated alkanes) is 4. The predicted molar refractivity (Wildman–Crippen MR) is 103 cm³/mol. The number of hydrogen-bond donors (Lipinski definition) is 0. The monoisotopic (exact) mass is 358 g/mol. The van der Waals surface area contributed by atoms with Gasteiger partial charge in [-0.1, -0.05) is 44.7 Å². The van der Waals surface area contributed by atoms with Gasteiger partial charge < -0.3 is 9.47 Å². The van der Waals surface area contributed by atoms with Crippen LogP contribution < -0.4 is 9.47 Å². The molecular formula is C21H30N2O3. The summed E-state index contributed by atoms with van der Waals surface area (Å²) in [6.45, 7) is 6.08. The van der Waals surface area contributed by atoms with Crippen molar-refractivity contribution in [3.63, 3.8) is 0 Å². The molecule has 1 aromatic heterocycles. The molecule has 0 saturated carbocycles. The van der Waals surface area contributed by atoms with Crippen molar-refractivity contribution in [2.24, 2.45) is 0 Å². The van der Waals surface area contributed by atoms with Crippen LogP contribution in [0.1, 0.15) is 60.8 Å². The first kappa shape index (κ1) is 20.0. The van der Waals surface area contributed by atoms with Crippen LogP contribution in [0.4, 0.5) is 0 Å². The molecule has 0 atom stereocenters. The molecule has 0 aliphatic heterocycles. The van der Waals surface area contributed by atoms with E-state index in [2.05, 4.69) is 12.0 Å². The number of carbonyl (C=O) groups excluding carboxylic acids is 1. The average Bonchev–Trinajstić information content (AvgIpc) is 2.94. The van der Waals surface area contributed by atoms with Crippen molar-refractivity contribution in [1.29, 1.82) is 0 Å². The third kappa shape index (κ3) is 5.10. The van der Waals surface area contributed by atoms with Gasteiger partial charge in [-0.25, -0.2) is 4.68 Å². The van der Waals surface area contributed by atoms with Gasteiger partial charge in [0.15, 0.2) is 18.1 Å². The minimum Gasteiger partial charge on any atom is -0.493 e. The number of ether oxygens (including phenoxy) is 2. The molecule has 0 amide bonds. The van der Waals surface area contributed by atoms with Crippen molar-refractivity contribution in [3.8, 4) is 11.5 Å². The van der Waals surface area contributed by atoms with E-state index in [1.165, 1.54) is 35.9 Å². The fourth-order valence-electron chi connectivity index (χ4n) is 3.12. The topological polar surface area (TPSA) is 53.4 Å². The summed E-state index contributed by atoms with van der Waals surface area (Å²) in [5, 5.41) is 4.44. The number of para-hydroxylation sites is 2. The van der Waals surface area contributed by atoms with Crippen molar-refractivity contribution >= 4 is 5.91 Å². The molecule has 2 aromatic rings. The Labute approximate surface area is 156 Å². The van der Waals surface area contributed by atoms with Crippen LogP contribution >= 0.6 is 0 Å². The molecule has 0 N–H and O–H groups in total. The molecule has 0 aliphatic rings. The van der Waals surface area contributed by atoms with Gasteiger partial charge in [0.25, 0.3) is 5.91 Å². The van der Waals surface area contributed by atoms with Gasteiger partial charge in [-0.15, -0.1) is 0 Å². The number of aryl methyl sites for hydroxylation is 1. The van der Waals surface area contributed by atoms with Crippen molar-refractivity contribution in [2.75, 3.05) is 13.7 Å². The zero-order valence-electron chi connectivity index (χ0n) is 16.4. The zero-order chi connectivity index (χ0) is 18.9. The summed E-state index contributed by atoms with van der Waals surface area (Å²) < 4.78 is 12.4. The molecule has 0 saturated heterocycles. The summed E-state index contributed by atoms with van der Waals surface area (Å²) in [5.41, 5.74) is 3.04. The molecule has 0 fully saturated rings. The van der Waals surface area contributed by atoms with E-state index in [1.807, 2.05) is 26.0 Å². The van der Waals surface area contributed by atoms with Gasteiger partial charge in [-0.05, 0) is 44.4 Å². The second kappa shape index (κ2) is 10.00. The largest absolute Gasteiger partial charge is 0.493 e. The number of rotatable bonds is 10. The Morgan fingerprint density at radius 3 is 2.46 bits per heavy atom. The zero-order valence-corrected chi connectivity index (χ0v) is 16.4. The van der Waals surface area contributed by atoms with Crippen LogP contribution in [0.3, 0.4) is 0 Å². The van der Waals surface area contributed by atoms with Crippen molar-refractivity contribution in [2.45, 2.75) is 59.3 Å². The minimum absolute atomic E-state index is 0.0712. The molecule has 5 heteroatoms. The fourth-order valence-corrected chi connectivity index (χ4v) is 3.12. The number of hydrogen-bond acceptors (Lipinski definition) is 4. The number of carbonyl (C=O) groups is 1. The molecule has 5 nitrogen and oxygen atoms in total. The smallest absolute Gasteiger partial charge is 0.284 e. The molecule has 1 heterocycles. The first-order valence-corrected chi connectivity index (χ1v) is 9.42. The van der Waals surface area contributed by atoms with E-state index in [0.717, 1.165) is 24.2 Å². The lowest BCUT2D eigenvalue weighted by Gasteiger charge is -2.10. The van der Waals surface area contributed by atoms with E-state index in [-0.39, 0.29) is 12.5 Å². The van der Waals surface area contributed by atoms with Crippen LogP contribution in [0, 0.1) is 13.8 Å². The van der Waals surface area contributed by atoms with E-state index in [4.69, 9.17) is 9.47 Å². The van der Waals surface area contributed by atoms with Crippen molar-refractivity contribution in [3.05, 3.63) is 41.2 Å². The van der Waals surface area contributed by atoms with Crippen LogP contribution in [-0.4, -0.2) is 29.4 Å². The van der Waals surface area contributed by atoms with Gasteiger partial charge in [0.05, 0.1) is 12.8 Å². The maximum atomic E-state index is 12.6. The highest BCUT2D eigenvalue weighted by Crippen LogP contribution is 2.25. The van der Waals surface area contributed by atoms with E-state index >= 15 is 0 Å². The quantitative estimate of drug-likeness (QED) is 0.576. The van der Waals surface area contributed by atoms with Crippen LogP contribution in [-0.2, 0) is 6.42 Å². The van der Waals surface area contributed by atoms with Gasteiger partial charge in [0.2, 0.25) is 0 Å². The van der Waals surface area contributed by atoms with Crippen LogP contribution in [0.2, 0.25) is 0 Å². The number of benzene rings is 1. The van der Waals surface area contributed by atoms with Crippen LogP contribution in [0.15, 0.2) is 24.3 Å². The van der Waals surface area contributed by atoms with Gasteiger partial charge in [-0.3, -0.25) is 4.79 Å². The molecule has 26 heavy (non-hydrogen) atoms. The van der Waals surface area contributed by atoms with Gasteiger partial charge in [0, 0.05) is 5.69 Å². The van der Waals surface area contributed by atoms with Crippen LogP contribution in [0.25, 0.3) is 0 Å². The Morgan fingerprint density at radius 2 is 1.77 bits per heavy atom. The Morgan fingerprint density at radius 1 is 1.08 bits per heavy atom. The Bertz CT molecular complexity index is 722. The first-order valence-electron chi connectivity index (χ1n) is 9.42. The number of aromatic nitrogens is 2. The highest BCUT2D eigenvalue weighted by atomic mass is 16.5. The summed E-state index contributed by atoms with van der Waals surface area (Å²) >= 11 is 0. The summed E-state index contributed by atoms with van der Waals surface area (Å²) in [7, 11) is 1.58. The second-order valence-corrected chi connectivity index (χ2v) is 6.56. The lowest BCUT2D eigenvalue weighted by Crippen LogP contribution is -2.22. The second-order valence-electron chi connectivity index (χ2n) is 6.56. The normalized spacial score (nSPS) is 10.8. The van der Waals surface area contributed by atoms with Gasteiger partial charge >= 0.3 is 0 Å². The van der Waals surface area contributed by atoms with E-state index in [1.54, 1.807) is 19.2 Å². The third-order valence-corrected chi connectivity index (χ3v) is 4.63. The Hall–Kier alpha value is -2.30. The lowest BCUT2D eigenvalue weighted by molar-refractivity contribution is 0.0816. The van der Waals surface area contributed by atoms with Crippen LogP contribution in [0.5, 0.6) is 11.5 Å². The van der Waals surface area contributed by atoms with Gasteiger partial charge in [0.1, 0.15) is 0 Å². The molecular weight excluding hydrogens is 328 g/mol. The fraction of sp³-hybridized carbons (Fsp3) is 0.524. The van der Waals surface area contributed by atoms with Crippen molar-refractivity contribution < 1.29 is 14.3 Å². The summed E-state index contributed by atoms with van der Waals surface area (Å²) in [5.74, 6) is 0.996. The van der Waals surface area contributed by atoms with Gasteiger partial charge in [-0.2, -0.15) is 5.10 Å². The lowest BCUT2D eigenvalue weighted by atomic mass is 10.0. The molecule has 0 aliphatic carbocycles. The minimum atomic E-state index is -0.172. The summed E-state index contributed by atoms with van der Waals surface area (Å²) in [4.78, 5) is 12.6. The highest BCUT2D eigenvalue weighted by Gasteiger charge is 2.17. The summed E-state index contributed by atoms with van der Waals surface area (Å²) in [6, 6.07) is 7.30. The predicted octanol–water partition coefficient (Wildman–Crippen LogP) is 4.74. The highest BCUT2D eigenvalue weighted by molar-refractivity contribution is 5.80. The summed E-state index contributed by atoms with van der Waals surface area (Å²) in [6.07, 6.45) is 7.14. The molecule has 0 spiro atoms. The van der Waals surface area contributed by atoms with E-state index in [9.17, 15) is 4.79 Å². The molecule has 2 rings (SSSR count). The Kier molecular flexibility index (Phi) is 7.70. The standard InChI is InChI=1S/C21H30N2O3/c1-5-6-7-8-9-12-18-16(2)22-23(17(18)3)21(24)15-26-20-14-11-10-13-19(20)25-4/h10-11,13-14H,5-9,12,15H2,1-4H3. The average molecular weight is 358 g/mol. The first-order chi connectivity index (χ1) is 12.6. The van der Waals surface area contributed by atoms with E-state index < -0.39 is 0 Å². The SMILES string of the molecule is CCCCCCCc1c(C)nn(C(=O)COc2ccccc2OC)c1C. The number of methoxy groups -OCH3 is 1. The number of nitrogens with zero attached hydrogens (tertiary/aromatic N) is 2.